The van der Waals surface area contributed by atoms with Crippen LogP contribution in [0.15, 0.2) is 60.8 Å². The fourth-order valence-corrected chi connectivity index (χ4v) is 2.63. The molecule has 3 aromatic rings. The van der Waals surface area contributed by atoms with Crippen molar-refractivity contribution in [1.29, 1.82) is 0 Å². The van der Waals surface area contributed by atoms with Gasteiger partial charge in [-0.25, -0.2) is 4.68 Å². The summed E-state index contributed by atoms with van der Waals surface area (Å²) in [6.45, 7) is 6.61. The fraction of sp³-hybridized carbons (Fsp3) is 0.211. The molecule has 2 aromatic carbocycles. The van der Waals surface area contributed by atoms with E-state index < -0.39 is 0 Å². The van der Waals surface area contributed by atoms with Gasteiger partial charge in [0, 0.05) is 11.1 Å². The second kappa shape index (κ2) is 5.34. The maximum atomic E-state index is 6.16. The number of nitrogen functional groups attached to an aromatic ring is 1. The monoisotopic (exact) mass is 291 g/mol. The van der Waals surface area contributed by atoms with E-state index in [1.807, 2.05) is 53.3 Å². The molecule has 0 saturated carbocycles. The van der Waals surface area contributed by atoms with Crippen molar-refractivity contribution in [1.82, 2.24) is 9.78 Å². The molecular weight excluding hydrogens is 270 g/mol. The quantitative estimate of drug-likeness (QED) is 0.710. The molecule has 1 aromatic heterocycles. The first kappa shape index (κ1) is 14.4. The third kappa shape index (κ3) is 2.50. The number of rotatable bonds is 2. The molecule has 2 N–H and O–H groups in total. The molecule has 22 heavy (non-hydrogen) atoms. The van der Waals surface area contributed by atoms with Crippen LogP contribution in [0.4, 0.5) is 5.69 Å². The first-order valence-electron chi connectivity index (χ1n) is 7.47. The zero-order chi connectivity index (χ0) is 15.7. The summed E-state index contributed by atoms with van der Waals surface area (Å²) in [6, 6.07) is 18.2. The van der Waals surface area contributed by atoms with E-state index in [0.29, 0.717) is 0 Å². The molecule has 3 heteroatoms. The van der Waals surface area contributed by atoms with Crippen molar-refractivity contribution in [2.75, 3.05) is 5.73 Å². The van der Waals surface area contributed by atoms with E-state index in [2.05, 4.69) is 38.0 Å². The lowest BCUT2D eigenvalue weighted by Crippen LogP contribution is -2.12. The van der Waals surface area contributed by atoms with Gasteiger partial charge in [0.1, 0.15) is 0 Å². The second-order valence-corrected chi connectivity index (χ2v) is 6.49. The average molecular weight is 291 g/mol. The molecule has 0 aliphatic rings. The molecule has 0 aliphatic heterocycles. The highest BCUT2D eigenvalue weighted by atomic mass is 15.3. The van der Waals surface area contributed by atoms with Crippen LogP contribution in [0.2, 0.25) is 0 Å². The Morgan fingerprint density at radius 3 is 2.18 bits per heavy atom. The van der Waals surface area contributed by atoms with Gasteiger partial charge in [0.25, 0.3) is 0 Å². The van der Waals surface area contributed by atoms with Gasteiger partial charge >= 0.3 is 0 Å². The number of nitrogens with zero attached hydrogens (tertiary/aromatic N) is 2. The highest BCUT2D eigenvalue weighted by Crippen LogP contribution is 2.35. The van der Waals surface area contributed by atoms with E-state index >= 15 is 0 Å². The molecule has 0 atom stereocenters. The molecule has 0 spiro atoms. The minimum atomic E-state index is 0.00691. The van der Waals surface area contributed by atoms with Crippen LogP contribution in [-0.2, 0) is 5.41 Å². The van der Waals surface area contributed by atoms with Crippen molar-refractivity contribution in [2.45, 2.75) is 26.2 Å². The second-order valence-electron chi connectivity index (χ2n) is 6.49. The minimum Gasteiger partial charge on any atom is -0.397 e. The number of aromatic nitrogens is 2. The Morgan fingerprint density at radius 2 is 1.55 bits per heavy atom. The van der Waals surface area contributed by atoms with E-state index in [1.165, 1.54) is 5.56 Å². The van der Waals surface area contributed by atoms with Gasteiger partial charge in [0.2, 0.25) is 0 Å². The van der Waals surface area contributed by atoms with Crippen LogP contribution in [0, 0.1) is 0 Å². The summed E-state index contributed by atoms with van der Waals surface area (Å²) >= 11 is 0. The molecule has 3 nitrogen and oxygen atoms in total. The molecule has 0 amide bonds. The van der Waals surface area contributed by atoms with Gasteiger partial charge in [0.05, 0.1) is 23.3 Å². The first-order valence-corrected chi connectivity index (χ1v) is 7.47. The van der Waals surface area contributed by atoms with Gasteiger partial charge in [0.15, 0.2) is 0 Å². The molecule has 0 aliphatic carbocycles. The Morgan fingerprint density at radius 1 is 0.909 bits per heavy atom. The van der Waals surface area contributed by atoms with Crippen molar-refractivity contribution in [2.24, 2.45) is 0 Å². The minimum absolute atomic E-state index is 0.00691. The fourth-order valence-electron chi connectivity index (χ4n) is 2.63. The van der Waals surface area contributed by atoms with E-state index in [0.717, 1.165) is 22.6 Å². The lowest BCUT2D eigenvalue weighted by atomic mass is 9.85. The maximum absolute atomic E-state index is 6.16. The number of anilines is 1. The Hall–Kier alpha value is -2.55. The summed E-state index contributed by atoms with van der Waals surface area (Å²) < 4.78 is 1.95. The topological polar surface area (TPSA) is 43.8 Å². The van der Waals surface area contributed by atoms with Crippen LogP contribution < -0.4 is 5.73 Å². The summed E-state index contributed by atoms with van der Waals surface area (Å²) in [4.78, 5) is 0. The standard InChI is InChI=1S/C19H21N3/c1-19(2,3)15-13-21-22(17-12-8-7-11-16(17)20)18(15)14-9-5-4-6-10-14/h4-13H,20H2,1-3H3. The lowest BCUT2D eigenvalue weighted by molar-refractivity contribution is 0.592. The van der Waals surface area contributed by atoms with Gasteiger partial charge in [-0.3, -0.25) is 0 Å². The molecule has 1 heterocycles. The molecule has 0 radical (unpaired) electrons. The third-order valence-electron chi connectivity index (χ3n) is 3.79. The SMILES string of the molecule is CC(C)(C)c1cnn(-c2ccccc2N)c1-c1ccccc1. The van der Waals surface area contributed by atoms with Crippen LogP contribution >= 0.6 is 0 Å². The summed E-state index contributed by atoms with van der Waals surface area (Å²) in [7, 11) is 0. The highest BCUT2D eigenvalue weighted by Gasteiger charge is 2.24. The van der Waals surface area contributed by atoms with E-state index in [9.17, 15) is 0 Å². The summed E-state index contributed by atoms with van der Waals surface area (Å²) in [6.07, 6.45) is 1.95. The van der Waals surface area contributed by atoms with Gasteiger partial charge in [-0.2, -0.15) is 5.10 Å². The smallest absolute Gasteiger partial charge is 0.0882 e. The van der Waals surface area contributed by atoms with E-state index in [-0.39, 0.29) is 5.41 Å². The van der Waals surface area contributed by atoms with E-state index in [1.54, 1.807) is 0 Å². The normalized spacial score (nSPS) is 11.6. The third-order valence-corrected chi connectivity index (χ3v) is 3.79. The number of nitrogens with two attached hydrogens (primary N) is 1. The van der Waals surface area contributed by atoms with Crippen LogP contribution in [0.5, 0.6) is 0 Å². The highest BCUT2D eigenvalue weighted by molar-refractivity contribution is 5.70. The van der Waals surface area contributed by atoms with Crippen LogP contribution in [0.1, 0.15) is 26.3 Å². The number of para-hydroxylation sites is 2. The molecular formula is C19H21N3. The van der Waals surface area contributed by atoms with Crippen molar-refractivity contribution in [3.05, 3.63) is 66.4 Å². The van der Waals surface area contributed by atoms with Crippen LogP contribution in [-0.4, -0.2) is 9.78 Å². The molecule has 0 unspecified atom stereocenters. The number of hydrogen-bond acceptors (Lipinski definition) is 2. The molecule has 0 saturated heterocycles. The predicted octanol–water partition coefficient (Wildman–Crippen LogP) is 4.42. The van der Waals surface area contributed by atoms with Crippen molar-refractivity contribution in [3.8, 4) is 16.9 Å². The zero-order valence-corrected chi connectivity index (χ0v) is 13.2. The lowest BCUT2D eigenvalue weighted by Gasteiger charge is -2.20. The first-order chi connectivity index (χ1) is 10.5. The number of hydrogen-bond donors (Lipinski definition) is 1. The van der Waals surface area contributed by atoms with E-state index in [4.69, 9.17) is 5.73 Å². The number of benzene rings is 2. The van der Waals surface area contributed by atoms with Crippen molar-refractivity contribution < 1.29 is 0 Å². The molecule has 112 valence electrons. The van der Waals surface area contributed by atoms with Crippen molar-refractivity contribution in [3.63, 3.8) is 0 Å². The van der Waals surface area contributed by atoms with Gasteiger partial charge < -0.3 is 5.73 Å². The summed E-state index contributed by atoms with van der Waals surface area (Å²) in [5.74, 6) is 0. The van der Waals surface area contributed by atoms with Crippen molar-refractivity contribution >= 4 is 5.69 Å². The largest absolute Gasteiger partial charge is 0.397 e. The Balaban J connectivity index is 2.29. The Kier molecular flexibility index (Phi) is 3.49. The van der Waals surface area contributed by atoms with Gasteiger partial charge in [-0.05, 0) is 17.5 Å². The van der Waals surface area contributed by atoms with Crippen LogP contribution in [0.3, 0.4) is 0 Å². The predicted molar refractivity (Wildman–Crippen MR) is 92.1 cm³/mol. The van der Waals surface area contributed by atoms with Gasteiger partial charge in [-0.15, -0.1) is 0 Å². The molecule has 0 fully saturated rings. The zero-order valence-electron chi connectivity index (χ0n) is 13.2. The summed E-state index contributed by atoms with van der Waals surface area (Å²) in [5, 5.41) is 4.63. The average Bonchev–Trinajstić information content (AvgIpc) is 2.93. The molecule has 3 rings (SSSR count). The Bertz CT molecular complexity index is 780. The van der Waals surface area contributed by atoms with Gasteiger partial charge in [-0.1, -0.05) is 63.2 Å². The Labute approximate surface area is 131 Å². The summed E-state index contributed by atoms with van der Waals surface area (Å²) in [5.41, 5.74) is 11.3. The maximum Gasteiger partial charge on any atom is 0.0882 e. The van der Waals surface area contributed by atoms with Crippen LogP contribution in [0.25, 0.3) is 16.9 Å². The molecule has 0 bridgehead atoms.